The highest BCUT2D eigenvalue weighted by Crippen LogP contribution is 2.26. The molecular weight excluding hydrogens is 370 g/mol. The Morgan fingerprint density at radius 1 is 1.00 bits per heavy atom. The van der Waals surface area contributed by atoms with Gasteiger partial charge in [0.05, 0.1) is 21.8 Å². The van der Waals surface area contributed by atoms with Crippen LogP contribution in [0.5, 0.6) is 0 Å². The zero-order valence-corrected chi connectivity index (χ0v) is 16.7. The van der Waals surface area contributed by atoms with Crippen molar-refractivity contribution in [3.05, 3.63) is 65.0 Å². The van der Waals surface area contributed by atoms with Crippen LogP contribution in [0, 0.1) is 0 Å². The first-order valence-corrected chi connectivity index (χ1v) is 10.6. The lowest BCUT2D eigenvalue weighted by atomic mass is 10.1. The Balaban J connectivity index is 1.75. The summed E-state index contributed by atoms with van der Waals surface area (Å²) in [5.41, 5.74) is 1.29. The van der Waals surface area contributed by atoms with Gasteiger partial charge in [0.1, 0.15) is 0 Å². The van der Waals surface area contributed by atoms with Crippen molar-refractivity contribution in [3.63, 3.8) is 0 Å². The van der Waals surface area contributed by atoms with E-state index < -0.39 is 0 Å². The monoisotopic (exact) mass is 393 g/mol. The summed E-state index contributed by atoms with van der Waals surface area (Å²) in [6.07, 6.45) is 3.31. The minimum Gasteiger partial charge on any atom is -0.342 e. The molecule has 1 aliphatic heterocycles. The third kappa shape index (κ3) is 3.69. The van der Waals surface area contributed by atoms with Crippen molar-refractivity contribution in [2.24, 2.45) is 0 Å². The van der Waals surface area contributed by atoms with Crippen molar-refractivity contribution >= 4 is 28.6 Å². The van der Waals surface area contributed by atoms with E-state index in [0.29, 0.717) is 16.1 Å². The van der Waals surface area contributed by atoms with Crippen LogP contribution in [0.4, 0.5) is 0 Å². The molecule has 0 radical (unpaired) electrons. The smallest absolute Gasteiger partial charge is 0.266 e. The average molecular weight is 394 g/mol. The van der Waals surface area contributed by atoms with E-state index in [4.69, 9.17) is 4.98 Å². The van der Waals surface area contributed by atoms with Gasteiger partial charge in [0.2, 0.25) is 5.91 Å². The second-order valence-corrected chi connectivity index (χ2v) is 8.34. The van der Waals surface area contributed by atoms with Crippen LogP contribution in [0.3, 0.4) is 0 Å². The lowest BCUT2D eigenvalue weighted by Crippen LogP contribution is -2.40. The van der Waals surface area contributed by atoms with Crippen LogP contribution in [0.15, 0.2) is 64.5 Å². The molecule has 1 atom stereocenters. The maximum atomic E-state index is 13.2. The van der Waals surface area contributed by atoms with Gasteiger partial charge in [-0.15, -0.1) is 0 Å². The summed E-state index contributed by atoms with van der Waals surface area (Å²) in [6.45, 7) is 3.54. The molecule has 1 aliphatic rings. The van der Waals surface area contributed by atoms with Crippen LogP contribution in [-0.2, 0) is 4.79 Å². The molecule has 1 aromatic heterocycles. The van der Waals surface area contributed by atoms with Crippen molar-refractivity contribution in [3.8, 4) is 5.69 Å². The predicted octanol–water partition coefficient (Wildman–Crippen LogP) is 3.88. The molecule has 0 spiro atoms. The number of carbonyl (C=O) groups excluding carboxylic acids is 1. The summed E-state index contributed by atoms with van der Waals surface area (Å²) in [5.74, 6) is 0.117. The standard InChI is InChI=1S/C22H23N3O2S/c1-16(20(26)24-14-8-3-9-15-24)28-22-23-19-13-7-6-12-18(19)21(27)25(22)17-10-4-2-5-11-17/h2,4-7,10-13,16H,3,8-9,14-15H2,1H3/t16-/m0/s1. The summed E-state index contributed by atoms with van der Waals surface area (Å²) in [4.78, 5) is 32.8. The Morgan fingerprint density at radius 3 is 2.43 bits per heavy atom. The topological polar surface area (TPSA) is 55.2 Å². The van der Waals surface area contributed by atoms with Gasteiger partial charge in [-0.2, -0.15) is 0 Å². The van der Waals surface area contributed by atoms with Gasteiger partial charge in [-0.3, -0.25) is 14.2 Å². The van der Waals surface area contributed by atoms with Crippen LogP contribution < -0.4 is 5.56 Å². The van der Waals surface area contributed by atoms with Crippen LogP contribution in [0.25, 0.3) is 16.6 Å². The van der Waals surface area contributed by atoms with Gasteiger partial charge in [0.15, 0.2) is 5.16 Å². The van der Waals surface area contributed by atoms with Crippen LogP contribution in [-0.4, -0.2) is 38.7 Å². The first-order valence-electron chi connectivity index (χ1n) is 9.68. The van der Waals surface area contributed by atoms with E-state index in [2.05, 4.69) is 0 Å². The van der Waals surface area contributed by atoms with Gasteiger partial charge < -0.3 is 4.90 Å². The number of hydrogen-bond donors (Lipinski definition) is 0. The van der Waals surface area contributed by atoms with Crippen LogP contribution in [0.1, 0.15) is 26.2 Å². The van der Waals surface area contributed by atoms with E-state index in [-0.39, 0.29) is 16.7 Å². The molecule has 28 heavy (non-hydrogen) atoms. The number of para-hydroxylation sites is 2. The molecule has 1 fully saturated rings. The minimum absolute atomic E-state index is 0.114. The molecule has 0 saturated carbocycles. The zero-order chi connectivity index (χ0) is 19.5. The molecule has 0 aliphatic carbocycles. The summed E-state index contributed by atoms with van der Waals surface area (Å²) < 4.78 is 1.62. The van der Waals surface area contributed by atoms with Gasteiger partial charge in [-0.1, -0.05) is 42.1 Å². The molecule has 1 saturated heterocycles. The van der Waals surface area contributed by atoms with Crippen molar-refractivity contribution in [1.82, 2.24) is 14.5 Å². The summed E-state index contributed by atoms with van der Waals surface area (Å²) in [6, 6.07) is 16.8. The fourth-order valence-electron chi connectivity index (χ4n) is 3.58. The molecule has 2 heterocycles. The second-order valence-electron chi connectivity index (χ2n) is 7.03. The first kappa shape index (κ1) is 18.7. The third-order valence-corrected chi connectivity index (χ3v) is 6.10. The Morgan fingerprint density at radius 2 is 1.68 bits per heavy atom. The predicted molar refractivity (Wildman–Crippen MR) is 113 cm³/mol. The van der Waals surface area contributed by atoms with E-state index in [9.17, 15) is 9.59 Å². The number of rotatable bonds is 4. The number of nitrogens with zero attached hydrogens (tertiary/aromatic N) is 3. The second kappa shape index (κ2) is 8.19. The highest BCUT2D eigenvalue weighted by Gasteiger charge is 2.25. The Bertz CT molecular complexity index is 1040. The molecule has 3 aromatic rings. The van der Waals surface area contributed by atoms with Gasteiger partial charge in [0, 0.05) is 13.1 Å². The number of benzene rings is 2. The van der Waals surface area contributed by atoms with Gasteiger partial charge in [-0.25, -0.2) is 4.98 Å². The quantitative estimate of drug-likeness (QED) is 0.499. The summed E-state index contributed by atoms with van der Waals surface area (Å²) in [5, 5.41) is 0.819. The number of amides is 1. The molecule has 0 bridgehead atoms. The SMILES string of the molecule is C[C@H](Sc1nc2ccccc2c(=O)n1-c1ccccc1)C(=O)N1CCCCC1. The lowest BCUT2D eigenvalue weighted by Gasteiger charge is -2.29. The molecule has 1 amide bonds. The van der Waals surface area contributed by atoms with E-state index in [1.54, 1.807) is 10.6 Å². The Hall–Kier alpha value is -2.60. The average Bonchev–Trinajstić information content (AvgIpc) is 2.74. The number of likely N-dealkylation sites (tertiary alicyclic amines) is 1. The first-order chi connectivity index (χ1) is 13.6. The van der Waals surface area contributed by atoms with Crippen molar-refractivity contribution in [1.29, 1.82) is 0 Å². The van der Waals surface area contributed by atoms with E-state index in [1.165, 1.54) is 18.2 Å². The highest BCUT2D eigenvalue weighted by molar-refractivity contribution is 8.00. The normalized spacial score (nSPS) is 15.5. The van der Waals surface area contributed by atoms with E-state index in [1.807, 2.05) is 60.4 Å². The molecule has 5 nitrogen and oxygen atoms in total. The maximum Gasteiger partial charge on any atom is 0.266 e. The third-order valence-electron chi connectivity index (χ3n) is 5.06. The molecule has 4 rings (SSSR count). The van der Waals surface area contributed by atoms with Crippen LogP contribution in [0.2, 0.25) is 0 Å². The number of carbonyl (C=O) groups is 1. The molecule has 2 aromatic carbocycles. The zero-order valence-electron chi connectivity index (χ0n) is 15.9. The molecule has 144 valence electrons. The Labute approximate surface area is 168 Å². The summed E-state index contributed by atoms with van der Waals surface area (Å²) >= 11 is 1.36. The Kier molecular flexibility index (Phi) is 5.48. The number of piperidine rings is 1. The van der Waals surface area contributed by atoms with E-state index in [0.717, 1.165) is 31.6 Å². The largest absolute Gasteiger partial charge is 0.342 e. The summed E-state index contributed by atoms with van der Waals surface area (Å²) in [7, 11) is 0. The molecule has 0 N–H and O–H groups in total. The fourth-order valence-corrected chi connectivity index (χ4v) is 4.59. The molecule has 6 heteroatoms. The van der Waals surface area contributed by atoms with Crippen molar-refractivity contribution < 1.29 is 4.79 Å². The molecular formula is C22H23N3O2S. The van der Waals surface area contributed by atoms with Gasteiger partial charge >= 0.3 is 0 Å². The van der Waals surface area contributed by atoms with Crippen molar-refractivity contribution in [2.75, 3.05) is 13.1 Å². The molecule has 0 unspecified atom stereocenters. The van der Waals surface area contributed by atoms with Gasteiger partial charge in [-0.05, 0) is 50.5 Å². The number of thioether (sulfide) groups is 1. The van der Waals surface area contributed by atoms with E-state index >= 15 is 0 Å². The fraction of sp³-hybridized carbons (Fsp3) is 0.318. The number of fused-ring (bicyclic) bond motifs is 1. The lowest BCUT2D eigenvalue weighted by molar-refractivity contribution is -0.131. The number of aromatic nitrogens is 2. The maximum absolute atomic E-state index is 13.2. The van der Waals surface area contributed by atoms with Crippen LogP contribution >= 0.6 is 11.8 Å². The van der Waals surface area contributed by atoms with Gasteiger partial charge in [0.25, 0.3) is 5.56 Å². The van der Waals surface area contributed by atoms with Crippen molar-refractivity contribution in [2.45, 2.75) is 36.6 Å². The minimum atomic E-state index is -0.305. The highest BCUT2D eigenvalue weighted by atomic mass is 32.2. The number of hydrogen-bond acceptors (Lipinski definition) is 4.